The maximum Gasteiger partial charge on any atom is 0.219 e. The average molecular weight is 410 g/mol. The third-order valence-corrected chi connectivity index (χ3v) is 6.11. The molecule has 0 aromatic heterocycles. The van der Waals surface area contributed by atoms with Crippen molar-refractivity contribution in [1.82, 2.24) is 5.32 Å². The van der Waals surface area contributed by atoms with E-state index in [2.05, 4.69) is 19.2 Å². The molecule has 0 aliphatic heterocycles. The van der Waals surface area contributed by atoms with E-state index in [1.54, 1.807) is 0 Å². The van der Waals surface area contributed by atoms with E-state index >= 15 is 0 Å². The second-order valence-corrected chi connectivity index (χ2v) is 9.17. The second kappa shape index (κ2) is 25.5. The summed E-state index contributed by atoms with van der Waals surface area (Å²) in [5.41, 5.74) is 0. The van der Waals surface area contributed by atoms with Gasteiger partial charge in [-0.05, 0) is 12.8 Å². The zero-order valence-electron chi connectivity index (χ0n) is 20.4. The van der Waals surface area contributed by atoms with Crippen molar-refractivity contribution in [3.8, 4) is 0 Å². The molecular weight excluding hydrogens is 354 g/mol. The van der Waals surface area contributed by atoms with Gasteiger partial charge in [0, 0.05) is 13.0 Å². The average Bonchev–Trinajstić information content (AvgIpc) is 2.72. The summed E-state index contributed by atoms with van der Waals surface area (Å²) >= 11 is 0. The first kappa shape index (κ1) is 28.5. The van der Waals surface area contributed by atoms with E-state index < -0.39 is 0 Å². The zero-order chi connectivity index (χ0) is 21.3. The van der Waals surface area contributed by atoms with Gasteiger partial charge in [0.05, 0.1) is 0 Å². The van der Waals surface area contributed by atoms with Crippen LogP contribution in [-0.2, 0) is 4.79 Å². The number of rotatable bonds is 24. The van der Waals surface area contributed by atoms with Crippen LogP contribution in [0.1, 0.15) is 162 Å². The van der Waals surface area contributed by atoms with Gasteiger partial charge in [0.1, 0.15) is 0 Å². The Morgan fingerprint density at radius 3 is 1.14 bits per heavy atom. The lowest BCUT2D eigenvalue weighted by Gasteiger charge is -2.06. The summed E-state index contributed by atoms with van der Waals surface area (Å²) in [5, 5.41) is 3.10. The Hall–Kier alpha value is -0.530. The van der Waals surface area contributed by atoms with Crippen molar-refractivity contribution in [3.63, 3.8) is 0 Å². The van der Waals surface area contributed by atoms with Gasteiger partial charge in [-0.15, -0.1) is 0 Å². The van der Waals surface area contributed by atoms with Crippen LogP contribution in [0, 0.1) is 0 Å². The molecule has 0 aromatic rings. The highest BCUT2D eigenvalue weighted by Crippen LogP contribution is 2.13. The molecule has 0 saturated heterocycles. The molecule has 0 rings (SSSR count). The smallest absolute Gasteiger partial charge is 0.219 e. The molecule has 0 spiro atoms. The molecule has 2 nitrogen and oxygen atoms in total. The Labute approximate surface area is 184 Å². The molecule has 2 heteroatoms. The molecule has 0 saturated carbocycles. The van der Waals surface area contributed by atoms with Crippen molar-refractivity contribution in [2.24, 2.45) is 0 Å². The Morgan fingerprint density at radius 2 is 0.759 bits per heavy atom. The highest BCUT2D eigenvalue weighted by atomic mass is 16.1. The molecule has 0 aromatic carbocycles. The van der Waals surface area contributed by atoms with E-state index in [9.17, 15) is 4.79 Å². The molecule has 174 valence electrons. The molecule has 0 bridgehead atoms. The van der Waals surface area contributed by atoms with Gasteiger partial charge in [0.2, 0.25) is 5.91 Å². The molecule has 0 fully saturated rings. The predicted octanol–water partition coefficient (Wildman–Crippen LogP) is 9.11. The molecule has 0 aliphatic rings. The second-order valence-electron chi connectivity index (χ2n) is 9.17. The number of hydrogen-bond acceptors (Lipinski definition) is 1. The first-order valence-electron chi connectivity index (χ1n) is 13.6. The van der Waals surface area contributed by atoms with Crippen molar-refractivity contribution in [2.45, 2.75) is 162 Å². The highest BCUT2D eigenvalue weighted by molar-refractivity contribution is 5.75. The molecule has 0 atom stereocenters. The number of nitrogens with one attached hydrogen (secondary N) is 1. The predicted molar refractivity (Wildman–Crippen MR) is 131 cm³/mol. The van der Waals surface area contributed by atoms with E-state index in [4.69, 9.17) is 0 Å². The summed E-state index contributed by atoms with van der Waals surface area (Å²) in [7, 11) is 0. The number of unbranched alkanes of at least 4 members (excludes halogenated alkanes) is 20. The Morgan fingerprint density at radius 1 is 0.448 bits per heavy atom. The summed E-state index contributed by atoms with van der Waals surface area (Å²) < 4.78 is 0. The fourth-order valence-corrected chi connectivity index (χ4v) is 4.06. The fraction of sp³-hybridized carbons (Fsp3) is 0.963. The van der Waals surface area contributed by atoms with Crippen LogP contribution >= 0.6 is 0 Å². The molecule has 0 heterocycles. The molecule has 1 N–H and O–H groups in total. The van der Waals surface area contributed by atoms with Crippen LogP contribution < -0.4 is 5.32 Å². The van der Waals surface area contributed by atoms with E-state index in [0.717, 1.165) is 25.8 Å². The molecule has 29 heavy (non-hydrogen) atoms. The van der Waals surface area contributed by atoms with Crippen LogP contribution in [0.2, 0.25) is 0 Å². The summed E-state index contributed by atoms with van der Waals surface area (Å²) in [6.45, 7) is 5.43. The van der Waals surface area contributed by atoms with E-state index in [0.29, 0.717) is 0 Å². The number of amides is 1. The van der Waals surface area contributed by atoms with Gasteiger partial charge < -0.3 is 5.32 Å². The molecule has 1 amide bonds. The third-order valence-electron chi connectivity index (χ3n) is 6.11. The van der Waals surface area contributed by atoms with Gasteiger partial charge in [0.15, 0.2) is 0 Å². The van der Waals surface area contributed by atoms with Gasteiger partial charge in [0.25, 0.3) is 0 Å². The van der Waals surface area contributed by atoms with Crippen molar-refractivity contribution < 1.29 is 4.79 Å². The summed E-state index contributed by atoms with van der Waals surface area (Å²) in [5.74, 6) is 0.269. The Balaban J connectivity index is 3.12. The van der Waals surface area contributed by atoms with Gasteiger partial charge in [-0.3, -0.25) is 4.79 Å². The van der Waals surface area contributed by atoms with Crippen molar-refractivity contribution in [1.29, 1.82) is 0 Å². The van der Waals surface area contributed by atoms with Crippen LogP contribution in [0.5, 0.6) is 0 Å². The van der Waals surface area contributed by atoms with Crippen LogP contribution in [0.25, 0.3) is 0 Å². The van der Waals surface area contributed by atoms with Gasteiger partial charge in [-0.25, -0.2) is 0 Å². The summed E-state index contributed by atoms with van der Waals surface area (Å²) in [6.07, 6.45) is 30.5. The largest absolute Gasteiger partial charge is 0.356 e. The topological polar surface area (TPSA) is 29.1 Å². The first-order chi connectivity index (χ1) is 14.3. The maximum atomic E-state index is 11.8. The van der Waals surface area contributed by atoms with Crippen molar-refractivity contribution in [3.05, 3.63) is 0 Å². The van der Waals surface area contributed by atoms with Crippen LogP contribution in [0.4, 0.5) is 0 Å². The quantitative estimate of drug-likeness (QED) is 0.158. The van der Waals surface area contributed by atoms with E-state index in [-0.39, 0.29) is 5.91 Å². The number of carbonyl (C=O) groups excluding carboxylic acids is 1. The highest BCUT2D eigenvalue weighted by Gasteiger charge is 2.00. The van der Waals surface area contributed by atoms with Crippen LogP contribution in [0.3, 0.4) is 0 Å². The number of carbonyl (C=O) groups is 1. The molecule has 0 aliphatic carbocycles. The lowest BCUT2D eigenvalue weighted by atomic mass is 10.0. The van der Waals surface area contributed by atoms with Crippen LogP contribution in [0.15, 0.2) is 0 Å². The summed E-state index contributed by atoms with van der Waals surface area (Å²) in [6, 6.07) is 0. The number of hydrogen-bond donors (Lipinski definition) is 1. The zero-order valence-corrected chi connectivity index (χ0v) is 20.4. The Kier molecular flexibility index (Phi) is 25.0. The standard InChI is InChI=1S/C27H55NO/c1-3-5-7-9-11-12-13-14-15-16-17-18-19-21-23-25-27(29)28-26-24-22-20-10-8-6-4-2/h3-26H2,1-2H3,(H,28,29). The maximum absolute atomic E-state index is 11.8. The van der Waals surface area contributed by atoms with E-state index in [1.807, 2.05) is 0 Å². The fourth-order valence-electron chi connectivity index (χ4n) is 4.06. The van der Waals surface area contributed by atoms with Crippen LogP contribution in [-0.4, -0.2) is 12.5 Å². The van der Waals surface area contributed by atoms with Gasteiger partial charge in [-0.1, -0.05) is 142 Å². The first-order valence-corrected chi connectivity index (χ1v) is 13.6. The molecule has 0 unspecified atom stereocenters. The normalized spacial score (nSPS) is 11.1. The molecular formula is C27H55NO. The minimum absolute atomic E-state index is 0.269. The SMILES string of the molecule is CCCCCCCCCCCCCCCCCC(=O)NCCCCCCCCC. The minimum Gasteiger partial charge on any atom is -0.356 e. The lowest BCUT2D eigenvalue weighted by Crippen LogP contribution is -2.23. The van der Waals surface area contributed by atoms with E-state index in [1.165, 1.54) is 128 Å². The van der Waals surface area contributed by atoms with Gasteiger partial charge in [-0.2, -0.15) is 0 Å². The van der Waals surface area contributed by atoms with Gasteiger partial charge >= 0.3 is 0 Å². The lowest BCUT2D eigenvalue weighted by molar-refractivity contribution is -0.121. The monoisotopic (exact) mass is 409 g/mol. The minimum atomic E-state index is 0.269. The van der Waals surface area contributed by atoms with Crippen molar-refractivity contribution in [2.75, 3.05) is 6.54 Å². The molecule has 0 radical (unpaired) electrons. The third kappa shape index (κ3) is 25.4. The Bertz CT molecular complexity index is 316. The van der Waals surface area contributed by atoms with Crippen molar-refractivity contribution >= 4 is 5.91 Å². The summed E-state index contributed by atoms with van der Waals surface area (Å²) in [4.78, 5) is 11.8.